The normalized spacial score (nSPS) is 21.8. The maximum atomic E-state index is 11.5. The molecule has 1 aliphatic heterocycles. The van der Waals surface area contributed by atoms with E-state index in [0.29, 0.717) is 35.6 Å². The third-order valence-electron chi connectivity index (χ3n) is 7.40. The predicted octanol–water partition coefficient (Wildman–Crippen LogP) is 5.30. The lowest BCUT2D eigenvalue weighted by Gasteiger charge is -2.35. The third kappa shape index (κ3) is 5.19. The molecule has 2 fully saturated rings. The van der Waals surface area contributed by atoms with Crippen LogP contribution in [0.5, 0.6) is 0 Å². The van der Waals surface area contributed by atoms with Gasteiger partial charge in [0.25, 0.3) is 0 Å². The fraction of sp³-hybridized carbons (Fsp3) is 0.520. The number of benzene rings is 1. The minimum Gasteiger partial charge on any atom is -0.465 e. The number of ether oxygens (including phenoxy) is 1. The summed E-state index contributed by atoms with van der Waals surface area (Å²) in [6, 6.07) is 7.65. The van der Waals surface area contributed by atoms with Crippen molar-refractivity contribution < 1.29 is 14.6 Å². The number of halogens is 1. The van der Waals surface area contributed by atoms with Gasteiger partial charge in [-0.05, 0) is 63.6 Å². The lowest BCUT2D eigenvalue weighted by molar-refractivity contribution is 0.0656. The highest BCUT2D eigenvalue weighted by Crippen LogP contribution is 2.36. The second-order valence-electron chi connectivity index (χ2n) is 10.00. The summed E-state index contributed by atoms with van der Waals surface area (Å²) in [5.41, 5.74) is 2.16. The van der Waals surface area contributed by atoms with Gasteiger partial charge in [-0.15, -0.1) is 0 Å². The zero-order chi connectivity index (χ0) is 25.3. The van der Waals surface area contributed by atoms with Gasteiger partial charge in [-0.3, -0.25) is 4.57 Å². The molecule has 0 spiro atoms. The van der Waals surface area contributed by atoms with Gasteiger partial charge in [0.2, 0.25) is 11.9 Å². The predicted molar refractivity (Wildman–Crippen MR) is 139 cm³/mol. The molecule has 3 heterocycles. The van der Waals surface area contributed by atoms with Gasteiger partial charge in [-0.25, -0.2) is 14.8 Å². The van der Waals surface area contributed by atoms with Crippen LogP contribution in [0.3, 0.4) is 0 Å². The van der Waals surface area contributed by atoms with Crippen molar-refractivity contribution in [3.8, 4) is 0 Å². The summed E-state index contributed by atoms with van der Waals surface area (Å²) in [7, 11) is 1.65. The Morgan fingerprint density at radius 2 is 1.97 bits per heavy atom. The molecule has 11 heteroatoms. The Balaban J connectivity index is 1.48. The monoisotopic (exact) mass is 513 g/mol. The van der Waals surface area contributed by atoms with Crippen molar-refractivity contribution in [3.05, 3.63) is 35.5 Å². The fourth-order valence-corrected chi connectivity index (χ4v) is 5.35. The van der Waals surface area contributed by atoms with Crippen LogP contribution in [-0.2, 0) is 4.74 Å². The fourth-order valence-electron chi connectivity index (χ4n) is 5.16. The largest absolute Gasteiger partial charge is 0.465 e. The van der Waals surface area contributed by atoms with Crippen LogP contribution in [0.4, 0.5) is 22.4 Å². The molecule has 192 valence electrons. The van der Waals surface area contributed by atoms with Crippen LogP contribution in [0.15, 0.2) is 30.5 Å². The Labute approximate surface area is 215 Å². The summed E-state index contributed by atoms with van der Waals surface area (Å²) in [5, 5.41) is 17.0. The number of carbonyl (C=O) groups is 1. The average Bonchev–Trinajstić information content (AvgIpc) is 3.20. The lowest BCUT2D eigenvalue weighted by atomic mass is 9.90. The lowest BCUT2D eigenvalue weighted by Crippen LogP contribution is -2.41. The van der Waals surface area contributed by atoms with Crippen molar-refractivity contribution >= 4 is 46.4 Å². The van der Waals surface area contributed by atoms with E-state index in [0.717, 1.165) is 49.9 Å². The summed E-state index contributed by atoms with van der Waals surface area (Å²) in [4.78, 5) is 27.2. The second-order valence-corrected chi connectivity index (χ2v) is 10.4. The Hall–Kier alpha value is -3.11. The number of nitrogens with zero attached hydrogens (tertiary/aromatic N) is 5. The first kappa shape index (κ1) is 24.6. The van der Waals surface area contributed by atoms with E-state index in [2.05, 4.69) is 27.1 Å². The van der Waals surface area contributed by atoms with Gasteiger partial charge in [-0.1, -0.05) is 17.7 Å². The number of imidazole rings is 1. The molecule has 3 aromatic rings. The van der Waals surface area contributed by atoms with Crippen LogP contribution in [0.25, 0.3) is 11.2 Å². The van der Waals surface area contributed by atoms with E-state index in [1.165, 1.54) is 4.90 Å². The third-order valence-corrected chi connectivity index (χ3v) is 7.64. The Kier molecular flexibility index (Phi) is 6.90. The zero-order valence-electron chi connectivity index (χ0n) is 20.6. The number of hydrogen-bond acceptors (Lipinski definition) is 7. The molecule has 2 aromatic heterocycles. The van der Waals surface area contributed by atoms with Crippen LogP contribution in [-0.4, -0.2) is 67.5 Å². The SMILES string of the molecule is CN(C(=O)O)C1CCC(n2c(Nc3cccc(Cl)c3)nc3cnc(NC4(C)CCOCC4)nc32)CC1. The van der Waals surface area contributed by atoms with Crippen molar-refractivity contribution in [2.75, 3.05) is 30.9 Å². The van der Waals surface area contributed by atoms with E-state index in [4.69, 9.17) is 26.3 Å². The first-order valence-electron chi connectivity index (χ1n) is 12.4. The molecule has 1 saturated carbocycles. The van der Waals surface area contributed by atoms with Gasteiger partial charge in [0.1, 0.15) is 5.52 Å². The number of nitrogens with one attached hydrogen (secondary N) is 2. The summed E-state index contributed by atoms with van der Waals surface area (Å²) >= 11 is 6.22. The molecule has 1 amide bonds. The standard InChI is InChI=1S/C25H32ClN7O3/c1-25(10-12-36-13-11-25)31-22-27-15-20-21(30-22)33(19-8-6-18(7-9-19)32(2)24(34)35)23(29-20)28-17-5-3-4-16(26)14-17/h3-5,14-15,18-19H,6-13H2,1-2H3,(H,28,29)(H,34,35)(H,27,30,31). The molecule has 36 heavy (non-hydrogen) atoms. The highest BCUT2D eigenvalue weighted by Gasteiger charge is 2.31. The molecule has 0 unspecified atom stereocenters. The molecule has 3 N–H and O–H groups in total. The van der Waals surface area contributed by atoms with Gasteiger partial charge in [-0.2, -0.15) is 4.98 Å². The molecule has 1 aromatic carbocycles. The Morgan fingerprint density at radius 1 is 1.22 bits per heavy atom. The van der Waals surface area contributed by atoms with Gasteiger partial charge in [0.05, 0.1) is 6.20 Å². The Morgan fingerprint density at radius 3 is 2.67 bits per heavy atom. The van der Waals surface area contributed by atoms with Gasteiger partial charge in [0, 0.05) is 48.6 Å². The van der Waals surface area contributed by atoms with Crippen LogP contribution in [0.1, 0.15) is 51.5 Å². The van der Waals surface area contributed by atoms with Crippen molar-refractivity contribution in [1.82, 2.24) is 24.4 Å². The van der Waals surface area contributed by atoms with E-state index in [9.17, 15) is 9.90 Å². The van der Waals surface area contributed by atoms with Crippen molar-refractivity contribution in [2.45, 2.75) is 63.1 Å². The topological polar surface area (TPSA) is 117 Å². The molecule has 0 radical (unpaired) electrons. The van der Waals surface area contributed by atoms with E-state index < -0.39 is 6.09 Å². The highest BCUT2D eigenvalue weighted by atomic mass is 35.5. The van der Waals surface area contributed by atoms with Crippen molar-refractivity contribution in [3.63, 3.8) is 0 Å². The number of carboxylic acid groups (broad SMARTS) is 1. The molecule has 1 saturated heterocycles. The number of amides is 1. The minimum absolute atomic E-state index is 0.0122. The molecule has 1 aliphatic carbocycles. The molecular weight excluding hydrogens is 482 g/mol. The first-order valence-corrected chi connectivity index (χ1v) is 12.8. The summed E-state index contributed by atoms with van der Waals surface area (Å²) < 4.78 is 7.67. The number of hydrogen-bond donors (Lipinski definition) is 3. The maximum Gasteiger partial charge on any atom is 0.407 e. The first-order chi connectivity index (χ1) is 17.3. The van der Waals surface area contributed by atoms with E-state index in [1.54, 1.807) is 13.2 Å². The molecule has 10 nitrogen and oxygen atoms in total. The van der Waals surface area contributed by atoms with Crippen LogP contribution in [0, 0.1) is 0 Å². The molecule has 0 bridgehead atoms. The summed E-state index contributed by atoms with van der Waals surface area (Å²) in [5.74, 6) is 1.24. The van der Waals surface area contributed by atoms with Gasteiger partial charge in [0.15, 0.2) is 5.65 Å². The smallest absolute Gasteiger partial charge is 0.407 e. The number of fused-ring (bicyclic) bond motifs is 1. The Bertz CT molecular complexity index is 1240. The summed E-state index contributed by atoms with van der Waals surface area (Å²) in [6.45, 7) is 3.60. The van der Waals surface area contributed by atoms with Crippen LogP contribution < -0.4 is 10.6 Å². The van der Waals surface area contributed by atoms with Crippen molar-refractivity contribution in [1.29, 1.82) is 0 Å². The molecule has 2 aliphatic rings. The van der Waals surface area contributed by atoms with Crippen LogP contribution >= 0.6 is 11.6 Å². The van der Waals surface area contributed by atoms with E-state index in [1.807, 2.05) is 24.3 Å². The highest BCUT2D eigenvalue weighted by molar-refractivity contribution is 6.30. The minimum atomic E-state index is -0.889. The van der Waals surface area contributed by atoms with E-state index in [-0.39, 0.29) is 17.6 Å². The quantitative estimate of drug-likeness (QED) is 0.406. The van der Waals surface area contributed by atoms with Gasteiger partial charge >= 0.3 is 6.09 Å². The van der Waals surface area contributed by atoms with Crippen molar-refractivity contribution in [2.24, 2.45) is 0 Å². The zero-order valence-corrected chi connectivity index (χ0v) is 21.3. The van der Waals surface area contributed by atoms with Gasteiger partial charge < -0.3 is 25.4 Å². The summed E-state index contributed by atoms with van der Waals surface area (Å²) in [6.07, 6.45) is 5.83. The number of anilines is 3. The number of aromatic nitrogens is 4. The second kappa shape index (κ2) is 10.1. The molecule has 5 rings (SSSR count). The van der Waals surface area contributed by atoms with Crippen LogP contribution in [0.2, 0.25) is 5.02 Å². The van der Waals surface area contributed by atoms with E-state index >= 15 is 0 Å². The average molecular weight is 514 g/mol. The maximum absolute atomic E-state index is 11.5. The molecular formula is C25H32ClN7O3. The number of rotatable bonds is 6. The molecule has 0 atom stereocenters.